The highest BCUT2D eigenvalue weighted by atomic mass is 16.5. The molecule has 0 aliphatic rings. The summed E-state index contributed by atoms with van der Waals surface area (Å²) in [5.74, 6) is 0.0106. The zero-order valence-electron chi connectivity index (χ0n) is 11.2. The van der Waals surface area contributed by atoms with E-state index in [0.29, 0.717) is 19.7 Å². The summed E-state index contributed by atoms with van der Waals surface area (Å²) in [5, 5.41) is 0. The Morgan fingerprint density at radius 3 is 2.56 bits per heavy atom. The summed E-state index contributed by atoms with van der Waals surface area (Å²) in [7, 11) is 0. The maximum absolute atomic E-state index is 11.9. The standard InChI is InChI=1S/C15H21NO2/c1-4-16(10-13(2)3)15(17)12-18-11-14-8-6-5-7-9-14/h5-9H,2,4,10-12H2,1,3H3. The number of hydrogen-bond acceptors (Lipinski definition) is 2. The first-order valence-electron chi connectivity index (χ1n) is 6.17. The molecule has 0 aromatic heterocycles. The Morgan fingerprint density at radius 2 is 2.00 bits per heavy atom. The van der Waals surface area contributed by atoms with Crippen molar-refractivity contribution >= 4 is 5.91 Å². The predicted octanol–water partition coefficient (Wildman–Crippen LogP) is 2.63. The first-order chi connectivity index (χ1) is 8.63. The number of carbonyl (C=O) groups excluding carboxylic acids is 1. The van der Waals surface area contributed by atoms with E-state index < -0.39 is 0 Å². The molecule has 1 aromatic rings. The fourth-order valence-electron chi connectivity index (χ4n) is 1.62. The molecule has 18 heavy (non-hydrogen) atoms. The zero-order valence-corrected chi connectivity index (χ0v) is 11.2. The predicted molar refractivity (Wildman–Crippen MR) is 73.2 cm³/mol. The highest BCUT2D eigenvalue weighted by Crippen LogP contribution is 2.02. The number of benzene rings is 1. The summed E-state index contributed by atoms with van der Waals surface area (Å²) in [6.45, 7) is 9.56. The van der Waals surface area contributed by atoms with Crippen LogP contribution in [0.5, 0.6) is 0 Å². The minimum Gasteiger partial charge on any atom is -0.367 e. The van der Waals surface area contributed by atoms with Gasteiger partial charge < -0.3 is 9.64 Å². The number of ether oxygens (including phenoxy) is 1. The second kappa shape index (κ2) is 7.67. The van der Waals surface area contributed by atoms with Crippen molar-refractivity contribution in [2.75, 3.05) is 19.7 Å². The van der Waals surface area contributed by atoms with Crippen molar-refractivity contribution in [1.29, 1.82) is 0 Å². The quantitative estimate of drug-likeness (QED) is 0.693. The second-order valence-corrected chi connectivity index (χ2v) is 4.34. The molecule has 98 valence electrons. The van der Waals surface area contributed by atoms with Crippen molar-refractivity contribution in [1.82, 2.24) is 4.90 Å². The minimum absolute atomic E-state index is 0.0106. The van der Waals surface area contributed by atoms with E-state index in [4.69, 9.17) is 4.74 Å². The van der Waals surface area contributed by atoms with Gasteiger partial charge in [0.05, 0.1) is 6.61 Å². The molecule has 0 aliphatic carbocycles. The van der Waals surface area contributed by atoms with E-state index in [1.54, 1.807) is 4.90 Å². The van der Waals surface area contributed by atoms with E-state index in [2.05, 4.69) is 6.58 Å². The lowest BCUT2D eigenvalue weighted by Crippen LogP contribution is -2.35. The lowest BCUT2D eigenvalue weighted by molar-refractivity contribution is -0.135. The van der Waals surface area contributed by atoms with Gasteiger partial charge in [0, 0.05) is 13.1 Å². The van der Waals surface area contributed by atoms with Crippen molar-refractivity contribution in [3.63, 3.8) is 0 Å². The number of amides is 1. The lowest BCUT2D eigenvalue weighted by Gasteiger charge is -2.20. The highest BCUT2D eigenvalue weighted by Gasteiger charge is 2.11. The summed E-state index contributed by atoms with van der Waals surface area (Å²) in [5.41, 5.74) is 2.06. The van der Waals surface area contributed by atoms with E-state index in [0.717, 1.165) is 11.1 Å². The summed E-state index contributed by atoms with van der Waals surface area (Å²) in [4.78, 5) is 13.6. The first kappa shape index (κ1) is 14.5. The molecule has 0 aliphatic heterocycles. The van der Waals surface area contributed by atoms with Gasteiger partial charge in [-0.25, -0.2) is 0 Å². The third-order valence-corrected chi connectivity index (χ3v) is 2.53. The molecule has 3 heteroatoms. The van der Waals surface area contributed by atoms with Gasteiger partial charge in [-0.15, -0.1) is 0 Å². The maximum atomic E-state index is 11.9. The van der Waals surface area contributed by atoms with Crippen LogP contribution < -0.4 is 0 Å². The third-order valence-electron chi connectivity index (χ3n) is 2.53. The number of hydrogen-bond donors (Lipinski definition) is 0. The van der Waals surface area contributed by atoms with Gasteiger partial charge in [-0.05, 0) is 19.4 Å². The van der Waals surface area contributed by atoms with Crippen LogP contribution in [0.25, 0.3) is 0 Å². The number of nitrogens with zero attached hydrogens (tertiary/aromatic N) is 1. The maximum Gasteiger partial charge on any atom is 0.248 e. The minimum atomic E-state index is 0.0106. The van der Waals surface area contributed by atoms with Crippen LogP contribution in [0.15, 0.2) is 42.5 Å². The van der Waals surface area contributed by atoms with Crippen LogP contribution in [0, 0.1) is 0 Å². The van der Waals surface area contributed by atoms with Gasteiger partial charge in [0.1, 0.15) is 6.61 Å². The van der Waals surface area contributed by atoms with Gasteiger partial charge in [0.15, 0.2) is 0 Å². The van der Waals surface area contributed by atoms with Crippen molar-refractivity contribution in [2.24, 2.45) is 0 Å². The fourth-order valence-corrected chi connectivity index (χ4v) is 1.62. The average molecular weight is 247 g/mol. The van der Waals surface area contributed by atoms with E-state index in [1.807, 2.05) is 44.2 Å². The van der Waals surface area contributed by atoms with Crippen LogP contribution in [0.2, 0.25) is 0 Å². The van der Waals surface area contributed by atoms with Crippen LogP contribution >= 0.6 is 0 Å². The summed E-state index contributed by atoms with van der Waals surface area (Å²) >= 11 is 0. The van der Waals surface area contributed by atoms with Gasteiger partial charge in [0.2, 0.25) is 5.91 Å². The van der Waals surface area contributed by atoms with Crippen LogP contribution in [0.3, 0.4) is 0 Å². The van der Waals surface area contributed by atoms with E-state index in [-0.39, 0.29) is 12.5 Å². The second-order valence-electron chi connectivity index (χ2n) is 4.34. The molecule has 0 saturated heterocycles. The number of likely N-dealkylation sites (N-methyl/N-ethyl adjacent to an activating group) is 1. The topological polar surface area (TPSA) is 29.5 Å². The van der Waals surface area contributed by atoms with Crippen molar-refractivity contribution < 1.29 is 9.53 Å². The molecular weight excluding hydrogens is 226 g/mol. The molecule has 0 spiro atoms. The molecule has 1 aromatic carbocycles. The molecule has 0 bridgehead atoms. The zero-order chi connectivity index (χ0) is 13.4. The van der Waals surface area contributed by atoms with Crippen molar-refractivity contribution in [3.8, 4) is 0 Å². The Labute approximate surface area is 109 Å². The van der Waals surface area contributed by atoms with Crippen LogP contribution in [-0.4, -0.2) is 30.5 Å². The summed E-state index contributed by atoms with van der Waals surface area (Å²) < 4.78 is 5.42. The molecule has 3 nitrogen and oxygen atoms in total. The molecule has 0 unspecified atom stereocenters. The summed E-state index contributed by atoms with van der Waals surface area (Å²) in [6.07, 6.45) is 0. The van der Waals surface area contributed by atoms with E-state index >= 15 is 0 Å². The largest absolute Gasteiger partial charge is 0.367 e. The first-order valence-corrected chi connectivity index (χ1v) is 6.17. The Kier molecular flexibility index (Phi) is 6.15. The molecule has 1 rings (SSSR count). The Morgan fingerprint density at radius 1 is 1.33 bits per heavy atom. The molecule has 0 atom stereocenters. The number of rotatable bonds is 7. The third kappa shape index (κ3) is 5.15. The van der Waals surface area contributed by atoms with Gasteiger partial charge in [-0.3, -0.25) is 4.79 Å². The lowest BCUT2D eigenvalue weighted by atomic mass is 10.2. The molecule has 0 heterocycles. The molecular formula is C15H21NO2. The molecule has 1 amide bonds. The normalized spacial score (nSPS) is 10.1. The Bertz CT molecular complexity index is 387. The van der Waals surface area contributed by atoms with Crippen LogP contribution in [0.1, 0.15) is 19.4 Å². The molecule has 0 N–H and O–H groups in total. The van der Waals surface area contributed by atoms with Crippen LogP contribution in [-0.2, 0) is 16.1 Å². The average Bonchev–Trinajstić information content (AvgIpc) is 2.36. The molecule has 0 saturated carbocycles. The van der Waals surface area contributed by atoms with Crippen LogP contribution in [0.4, 0.5) is 0 Å². The van der Waals surface area contributed by atoms with E-state index in [9.17, 15) is 4.79 Å². The van der Waals surface area contributed by atoms with E-state index in [1.165, 1.54) is 0 Å². The molecule has 0 radical (unpaired) electrons. The van der Waals surface area contributed by atoms with Crippen molar-refractivity contribution in [2.45, 2.75) is 20.5 Å². The Hall–Kier alpha value is -1.61. The Balaban J connectivity index is 2.34. The monoisotopic (exact) mass is 247 g/mol. The van der Waals surface area contributed by atoms with Gasteiger partial charge in [0.25, 0.3) is 0 Å². The van der Waals surface area contributed by atoms with Gasteiger partial charge in [-0.1, -0.05) is 42.5 Å². The number of carbonyl (C=O) groups is 1. The van der Waals surface area contributed by atoms with Gasteiger partial charge in [-0.2, -0.15) is 0 Å². The molecule has 0 fully saturated rings. The highest BCUT2D eigenvalue weighted by molar-refractivity contribution is 5.77. The fraction of sp³-hybridized carbons (Fsp3) is 0.400. The van der Waals surface area contributed by atoms with Gasteiger partial charge >= 0.3 is 0 Å². The SMILES string of the molecule is C=C(C)CN(CC)C(=O)COCc1ccccc1. The smallest absolute Gasteiger partial charge is 0.248 e. The van der Waals surface area contributed by atoms with Crippen molar-refractivity contribution in [3.05, 3.63) is 48.0 Å². The summed E-state index contributed by atoms with van der Waals surface area (Å²) in [6, 6.07) is 9.84.